The summed E-state index contributed by atoms with van der Waals surface area (Å²) in [4.78, 5) is 39.0. The van der Waals surface area contributed by atoms with Gasteiger partial charge in [-0.25, -0.2) is 0 Å². The number of hydrogen-bond acceptors (Lipinski definition) is 7. The zero-order chi connectivity index (χ0) is 31.8. The van der Waals surface area contributed by atoms with Crippen molar-refractivity contribution in [2.24, 2.45) is 0 Å². The number of benzene rings is 3. The first kappa shape index (κ1) is 31.5. The van der Waals surface area contributed by atoms with Gasteiger partial charge in [-0.15, -0.1) is 0 Å². The molecule has 0 bridgehead atoms. The molecule has 0 radical (unpaired) electrons. The number of allylic oxidation sites excluding steroid dienone is 2. The number of nitrogens with one attached hydrogen (secondary N) is 2. The maximum atomic E-state index is 12.6. The number of nitrogens with zero attached hydrogens (tertiary/aromatic N) is 3. The standard InChI is InChI=1S/C35H39N5O5/c1-26-33(36-24-41)32(28-14-16-30(17-15-28)40(43)44)34(27(2)37-26)39(25-42)21-9-20-38-22-18-35(19-23-38,29-10-5-3-6-11-29)45-31-12-7-4-8-13-31/h3-8,10-17,24-25,32,37H,9,18-23H2,1-2H3,(H,36,41). The third-order valence-electron chi connectivity index (χ3n) is 8.71. The van der Waals surface area contributed by atoms with E-state index in [2.05, 4.69) is 39.8 Å². The average Bonchev–Trinajstić information content (AvgIpc) is 3.06. The first-order valence-corrected chi connectivity index (χ1v) is 15.2. The normalized spacial score (nSPS) is 18.1. The van der Waals surface area contributed by atoms with Crippen LogP contribution in [0.1, 0.15) is 50.2 Å². The third kappa shape index (κ3) is 7.07. The average molecular weight is 610 g/mol. The van der Waals surface area contributed by atoms with E-state index in [0.29, 0.717) is 24.3 Å². The van der Waals surface area contributed by atoms with Crippen LogP contribution in [0, 0.1) is 10.1 Å². The van der Waals surface area contributed by atoms with Crippen LogP contribution in [0.2, 0.25) is 0 Å². The quantitative estimate of drug-likeness (QED) is 0.151. The smallest absolute Gasteiger partial charge is 0.269 e. The van der Waals surface area contributed by atoms with E-state index < -0.39 is 16.4 Å². The molecule has 1 fully saturated rings. The zero-order valence-corrected chi connectivity index (χ0v) is 25.6. The summed E-state index contributed by atoms with van der Waals surface area (Å²) in [6, 6.07) is 26.6. The highest BCUT2D eigenvalue weighted by Crippen LogP contribution is 2.40. The van der Waals surface area contributed by atoms with E-state index in [1.54, 1.807) is 17.0 Å². The Bertz CT molecular complexity index is 1550. The van der Waals surface area contributed by atoms with E-state index in [9.17, 15) is 19.7 Å². The van der Waals surface area contributed by atoms with Gasteiger partial charge in [0.2, 0.25) is 12.8 Å². The predicted octanol–water partition coefficient (Wildman–Crippen LogP) is 5.41. The minimum atomic E-state index is -0.487. The van der Waals surface area contributed by atoms with Gasteiger partial charge in [-0.05, 0) is 50.1 Å². The Morgan fingerprint density at radius 3 is 2.22 bits per heavy atom. The van der Waals surface area contributed by atoms with Crippen LogP contribution < -0.4 is 15.4 Å². The number of non-ortho nitro benzene ring substituents is 1. The van der Waals surface area contributed by atoms with Crippen molar-refractivity contribution in [1.29, 1.82) is 0 Å². The molecule has 3 aromatic rings. The number of para-hydroxylation sites is 1. The van der Waals surface area contributed by atoms with Crippen LogP contribution in [0.15, 0.2) is 108 Å². The largest absolute Gasteiger partial charge is 0.482 e. The molecule has 1 unspecified atom stereocenters. The predicted molar refractivity (Wildman–Crippen MR) is 172 cm³/mol. The topological polar surface area (TPSA) is 117 Å². The summed E-state index contributed by atoms with van der Waals surface area (Å²) < 4.78 is 6.67. The van der Waals surface area contributed by atoms with Crippen molar-refractivity contribution in [2.45, 2.75) is 44.6 Å². The lowest BCUT2D eigenvalue weighted by atomic mass is 9.84. The second-order valence-electron chi connectivity index (χ2n) is 11.5. The van der Waals surface area contributed by atoms with Gasteiger partial charge < -0.3 is 25.2 Å². The molecule has 0 aliphatic carbocycles. The van der Waals surface area contributed by atoms with Gasteiger partial charge in [-0.2, -0.15) is 0 Å². The highest BCUT2D eigenvalue weighted by atomic mass is 16.6. The number of likely N-dealkylation sites (tertiary alicyclic amines) is 1. The highest BCUT2D eigenvalue weighted by molar-refractivity contribution is 5.60. The highest BCUT2D eigenvalue weighted by Gasteiger charge is 2.38. The summed E-state index contributed by atoms with van der Waals surface area (Å²) in [7, 11) is 0. The van der Waals surface area contributed by atoms with Gasteiger partial charge in [0.1, 0.15) is 11.4 Å². The number of hydrogen-bond donors (Lipinski definition) is 2. The van der Waals surface area contributed by atoms with Crippen LogP contribution in [0.25, 0.3) is 0 Å². The summed E-state index contributed by atoms with van der Waals surface area (Å²) in [5.41, 5.74) is 4.29. The van der Waals surface area contributed by atoms with Crippen molar-refractivity contribution in [2.75, 3.05) is 26.2 Å². The number of rotatable bonds is 13. The van der Waals surface area contributed by atoms with E-state index >= 15 is 0 Å². The van der Waals surface area contributed by atoms with Gasteiger partial charge in [-0.3, -0.25) is 19.7 Å². The van der Waals surface area contributed by atoms with Crippen molar-refractivity contribution >= 4 is 18.5 Å². The van der Waals surface area contributed by atoms with Gasteiger partial charge in [0.25, 0.3) is 5.69 Å². The van der Waals surface area contributed by atoms with Crippen molar-refractivity contribution in [3.63, 3.8) is 0 Å². The van der Waals surface area contributed by atoms with Gasteiger partial charge in [0.05, 0.1) is 22.2 Å². The van der Waals surface area contributed by atoms with Crippen LogP contribution >= 0.6 is 0 Å². The Hall–Kier alpha value is -4.96. The first-order valence-electron chi connectivity index (χ1n) is 15.2. The second-order valence-corrected chi connectivity index (χ2v) is 11.5. The van der Waals surface area contributed by atoms with Gasteiger partial charge in [0.15, 0.2) is 0 Å². The van der Waals surface area contributed by atoms with Crippen molar-refractivity contribution in [3.8, 4) is 5.75 Å². The molecule has 1 atom stereocenters. The minimum absolute atomic E-state index is 0.0280. The van der Waals surface area contributed by atoms with Gasteiger partial charge in [0, 0.05) is 56.0 Å². The Morgan fingerprint density at radius 1 is 0.978 bits per heavy atom. The fraction of sp³-hybridized carbons (Fsp3) is 0.314. The molecular formula is C35H39N5O5. The first-order chi connectivity index (χ1) is 21.8. The molecule has 2 aliphatic heterocycles. The Labute approximate surface area is 263 Å². The number of amides is 2. The lowest BCUT2D eigenvalue weighted by Gasteiger charge is -2.42. The number of ether oxygens (including phenoxy) is 1. The maximum absolute atomic E-state index is 12.6. The molecule has 5 rings (SSSR count). The number of nitro groups is 1. The molecule has 1 saturated heterocycles. The van der Waals surface area contributed by atoms with Crippen molar-refractivity contribution in [1.82, 2.24) is 20.4 Å². The molecule has 10 heteroatoms. The Morgan fingerprint density at radius 2 is 1.62 bits per heavy atom. The molecule has 2 aliphatic rings. The van der Waals surface area contributed by atoms with E-state index in [1.165, 1.54) is 17.7 Å². The third-order valence-corrected chi connectivity index (χ3v) is 8.71. The summed E-state index contributed by atoms with van der Waals surface area (Å²) >= 11 is 0. The molecule has 0 aromatic heterocycles. The lowest BCUT2D eigenvalue weighted by molar-refractivity contribution is -0.384. The summed E-state index contributed by atoms with van der Waals surface area (Å²) in [6.45, 7) is 6.72. The molecule has 10 nitrogen and oxygen atoms in total. The number of carbonyl (C=O) groups is 2. The van der Waals surface area contributed by atoms with Crippen molar-refractivity contribution in [3.05, 3.63) is 129 Å². The number of dihydropyridines is 1. The molecule has 234 valence electrons. The van der Waals surface area contributed by atoms with Crippen LogP contribution in [0.4, 0.5) is 5.69 Å². The lowest BCUT2D eigenvalue weighted by Crippen LogP contribution is -2.46. The van der Waals surface area contributed by atoms with Crippen LogP contribution in [-0.4, -0.2) is 53.7 Å². The fourth-order valence-corrected chi connectivity index (χ4v) is 6.47. The molecular weight excluding hydrogens is 570 g/mol. The van der Waals surface area contributed by atoms with Crippen LogP contribution in [0.3, 0.4) is 0 Å². The summed E-state index contributed by atoms with van der Waals surface area (Å²) in [6.07, 6.45) is 3.84. The van der Waals surface area contributed by atoms with Crippen LogP contribution in [0.5, 0.6) is 5.75 Å². The Kier molecular flexibility index (Phi) is 9.94. The van der Waals surface area contributed by atoms with E-state index in [-0.39, 0.29) is 5.69 Å². The maximum Gasteiger partial charge on any atom is 0.269 e. The van der Waals surface area contributed by atoms with E-state index in [4.69, 9.17) is 4.74 Å². The molecule has 3 aromatic carbocycles. The minimum Gasteiger partial charge on any atom is -0.482 e. The van der Waals surface area contributed by atoms with Crippen LogP contribution in [-0.2, 0) is 15.2 Å². The molecule has 0 spiro atoms. The summed E-state index contributed by atoms with van der Waals surface area (Å²) in [5, 5.41) is 17.4. The van der Waals surface area contributed by atoms with Gasteiger partial charge in [-0.1, -0.05) is 60.7 Å². The SMILES string of the molecule is CC1=C(NC=O)C(c2ccc([N+](=O)[O-])cc2)C(N(C=O)CCCN2CCC(Oc3ccccc3)(c3ccccc3)CC2)=C(C)N1. The second kappa shape index (κ2) is 14.2. The summed E-state index contributed by atoms with van der Waals surface area (Å²) in [5.74, 6) is 0.371. The molecule has 2 amide bonds. The zero-order valence-electron chi connectivity index (χ0n) is 25.6. The number of piperidine rings is 1. The molecule has 0 saturated carbocycles. The molecule has 45 heavy (non-hydrogen) atoms. The molecule has 2 N–H and O–H groups in total. The number of nitro benzene ring substituents is 1. The van der Waals surface area contributed by atoms with Gasteiger partial charge >= 0.3 is 0 Å². The monoisotopic (exact) mass is 609 g/mol. The fourth-order valence-electron chi connectivity index (χ4n) is 6.47. The number of carbonyl (C=O) groups excluding carboxylic acids is 2. The van der Waals surface area contributed by atoms with Crippen molar-refractivity contribution < 1.29 is 19.2 Å². The Balaban J connectivity index is 1.28. The van der Waals surface area contributed by atoms with E-state index in [0.717, 1.165) is 68.0 Å². The van der Waals surface area contributed by atoms with E-state index in [1.807, 2.05) is 50.2 Å². The molecule has 2 heterocycles.